The van der Waals surface area contributed by atoms with Gasteiger partial charge in [0, 0.05) is 0 Å². The first-order valence-corrected chi connectivity index (χ1v) is 9.53. The Morgan fingerprint density at radius 2 is 1.65 bits per heavy atom. The molecule has 3 rings (SSSR count). The first-order valence-electron chi connectivity index (χ1n) is 9.53. The van der Waals surface area contributed by atoms with Crippen molar-refractivity contribution in [1.29, 1.82) is 0 Å². The van der Waals surface area contributed by atoms with Gasteiger partial charge in [-0.15, -0.1) is 0 Å². The van der Waals surface area contributed by atoms with Crippen LogP contribution >= 0.6 is 0 Å². The number of rotatable bonds is 7. The third-order valence-electron chi connectivity index (χ3n) is 5.16. The third-order valence-corrected chi connectivity index (χ3v) is 5.16. The Morgan fingerprint density at radius 1 is 0.923 bits per heavy atom. The zero-order valence-corrected chi connectivity index (χ0v) is 15.3. The Kier molecular flexibility index (Phi) is 6.18. The summed E-state index contributed by atoms with van der Waals surface area (Å²) in [6.07, 6.45) is 10.3. The summed E-state index contributed by atoms with van der Waals surface area (Å²) in [4.78, 5) is 0. The summed E-state index contributed by atoms with van der Waals surface area (Å²) in [6.45, 7) is 2.20. The fourth-order valence-electron chi connectivity index (χ4n) is 3.68. The molecule has 0 amide bonds. The number of halogens is 3. The second-order valence-electron chi connectivity index (χ2n) is 7.10. The SMILES string of the molecule is CCCCCCCC1=CCc2c(cc(F)c(-c3ccc(F)cc3)c2F)C1. The number of fused-ring (bicyclic) bond motifs is 1. The Hall–Kier alpha value is -2.03. The van der Waals surface area contributed by atoms with Crippen molar-refractivity contribution in [3.05, 3.63) is 70.6 Å². The van der Waals surface area contributed by atoms with Gasteiger partial charge in [0.2, 0.25) is 0 Å². The van der Waals surface area contributed by atoms with Gasteiger partial charge in [-0.05, 0) is 60.6 Å². The van der Waals surface area contributed by atoms with E-state index in [1.165, 1.54) is 61.6 Å². The summed E-state index contributed by atoms with van der Waals surface area (Å²) in [5, 5.41) is 0. The molecule has 0 nitrogen and oxygen atoms in total. The standard InChI is InChI=1S/C23H25F3/c1-2-3-4-5-6-7-16-8-13-20-18(14-16)15-21(25)22(23(20)26)17-9-11-19(24)12-10-17/h8-12,15H,2-7,13-14H2,1H3. The molecule has 1 aliphatic carbocycles. The molecule has 0 atom stereocenters. The molecule has 0 spiro atoms. The molecule has 0 heterocycles. The number of hydrogen-bond acceptors (Lipinski definition) is 0. The van der Waals surface area contributed by atoms with Gasteiger partial charge in [0.25, 0.3) is 0 Å². The molecular weight excluding hydrogens is 333 g/mol. The molecule has 0 N–H and O–H groups in total. The highest BCUT2D eigenvalue weighted by Crippen LogP contribution is 2.34. The number of unbranched alkanes of at least 4 members (excludes halogenated alkanes) is 4. The minimum absolute atomic E-state index is 0.0554. The summed E-state index contributed by atoms with van der Waals surface area (Å²) in [5.41, 5.74) is 2.91. The van der Waals surface area contributed by atoms with Crippen molar-refractivity contribution in [2.75, 3.05) is 0 Å². The summed E-state index contributed by atoms with van der Waals surface area (Å²) in [6, 6.07) is 6.75. The normalized spacial score (nSPS) is 13.5. The highest BCUT2D eigenvalue weighted by atomic mass is 19.1. The minimum Gasteiger partial charge on any atom is -0.207 e. The van der Waals surface area contributed by atoms with Crippen LogP contribution in [0.4, 0.5) is 13.2 Å². The maximum absolute atomic E-state index is 15.0. The van der Waals surface area contributed by atoms with E-state index in [9.17, 15) is 13.2 Å². The summed E-state index contributed by atoms with van der Waals surface area (Å²) >= 11 is 0. The fraction of sp³-hybridized carbons (Fsp3) is 0.391. The molecule has 0 fully saturated rings. The van der Waals surface area contributed by atoms with Crippen LogP contribution in [0.5, 0.6) is 0 Å². The van der Waals surface area contributed by atoms with Crippen molar-refractivity contribution in [2.24, 2.45) is 0 Å². The van der Waals surface area contributed by atoms with Crippen molar-refractivity contribution in [3.63, 3.8) is 0 Å². The van der Waals surface area contributed by atoms with Crippen molar-refractivity contribution >= 4 is 0 Å². The summed E-state index contributed by atoms with van der Waals surface area (Å²) < 4.78 is 42.6. The molecule has 3 heteroatoms. The molecule has 0 unspecified atom stereocenters. The molecule has 2 aromatic carbocycles. The molecule has 0 aliphatic heterocycles. The number of hydrogen-bond donors (Lipinski definition) is 0. The van der Waals surface area contributed by atoms with Gasteiger partial charge in [-0.1, -0.05) is 56.4 Å². The van der Waals surface area contributed by atoms with Crippen LogP contribution in [0.2, 0.25) is 0 Å². The minimum atomic E-state index is -0.572. The van der Waals surface area contributed by atoms with Gasteiger partial charge in [0.1, 0.15) is 17.5 Å². The van der Waals surface area contributed by atoms with Gasteiger partial charge in [0.05, 0.1) is 5.56 Å². The van der Waals surface area contributed by atoms with E-state index >= 15 is 0 Å². The molecular formula is C23H25F3. The maximum Gasteiger partial charge on any atom is 0.137 e. The van der Waals surface area contributed by atoms with Crippen molar-refractivity contribution in [3.8, 4) is 11.1 Å². The zero-order chi connectivity index (χ0) is 18.5. The molecule has 0 saturated heterocycles. The van der Waals surface area contributed by atoms with E-state index in [1.54, 1.807) is 0 Å². The van der Waals surface area contributed by atoms with E-state index in [2.05, 4.69) is 13.0 Å². The van der Waals surface area contributed by atoms with E-state index in [-0.39, 0.29) is 5.56 Å². The van der Waals surface area contributed by atoms with Crippen molar-refractivity contribution < 1.29 is 13.2 Å². The van der Waals surface area contributed by atoms with Gasteiger partial charge in [-0.2, -0.15) is 0 Å². The summed E-state index contributed by atoms with van der Waals surface area (Å²) in [7, 11) is 0. The van der Waals surface area contributed by atoms with E-state index < -0.39 is 17.5 Å². The van der Waals surface area contributed by atoms with Crippen LogP contribution in [0, 0.1) is 17.5 Å². The average molecular weight is 358 g/mol. The van der Waals surface area contributed by atoms with E-state index in [0.29, 0.717) is 24.0 Å². The molecule has 138 valence electrons. The number of allylic oxidation sites excluding steroid dienone is 2. The Balaban J connectivity index is 1.76. The molecule has 26 heavy (non-hydrogen) atoms. The van der Waals surface area contributed by atoms with Crippen molar-refractivity contribution in [2.45, 2.75) is 58.3 Å². The Bertz CT molecular complexity index is 788. The smallest absolute Gasteiger partial charge is 0.137 e. The quantitative estimate of drug-likeness (QED) is 0.364. The topological polar surface area (TPSA) is 0 Å². The lowest BCUT2D eigenvalue weighted by Crippen LogP contribution is -2.09. The fourth-order valence-corrected chi connectivity index (χ4v) is 3.68. The lowest BCUT2D eigenvalue weighted by atomic mass is 9.86. The molecule has 0 aromatic heterocycles. The monoisotopic (exact) mass is 358 g/mol. The highest BCUT2D eigenvalue weighted by Gasteiger charge is 2.22. The van der Waals surface area contributed by atoms with Gasteiger partial charge in [-0.25, -0.2) is 13.2 Å². The van der Waals surface area contributed by atoms with Gasteiger partial charge >= 0.3 is 0 Å². The number of benzene rings is 2. The lowest BCUT2D eigenvalue weighted by molar-refractivity contribution is 0.573. The van der Waals surface area contributed by atoms with Gasteiger partial charge < -0.3 is 0 Å². The average Bonchev–Trinajstić information content (AvgIpc) is 2.63. The lowest BCUT2D eigenvalue weighted by Gasteiger charge is -2.20. The van der Waals surface area contributed by atoms with Crippen molar-refractivity contribution in [1.82, 2.24) is 0 Å². The van der Waals surface area contributed by atoms with Crippen LogP contribution in [-0.4, -0.2) is 0 Å². The van der Waals surface area contributed by atoms with Crippen LogP contribution in [0.1, 0.15) is 56.6 Å². The molecule has 0 radical (unpaired) electrons. The van der Waals surface area contributed by atoms with E-state index in [4.69, 9.17) is 0 Å². The largest absolute Gasteiger partial charge is 0.207 e. The van der Waals surface area contributed by atoms with Gasteiger partial charge in [-0.3, -0.25) is 0 Å². The van der Waals surface area contributed by atoms with Gasteiger partial charge in [0.15, 0.2) is 0 Å². The molecule has 0 bridgehead atoms. The second-order valence-corrected chi connectivity index (χ2v) is 7.10. The molecule has 2 aromatic rings. The van der Waals surface area contributed by atoms with Crippen LogP contribution in [0.25, 0.3) is 11.1 Å². The van der Waals surface area contributed by atoms with E-state index in [0.717, 1.165) is 18.4 Å². The predicted molar refractivity (Wildman–Crippen MR) is 101 cm³/mol. The van der Waals surface area contributed by atoms with Crippen LogP contribution in [0.15, 0.2) is 42.0 Å². The maximum atomic E-state index is 15.0. The zero-order valence-electron chi connectivity index (χ0n) is 15.3. The first kappa shape index (κ1) is 18.8. The molecule has 1 aliphatic rings. The summed E-state index contributed by atoms with van der Waals surface area (Å²) in [5.74, 6) is -1.50. The van der Waals surface area contributed by atoms with E-state index in [1.807, 2.05) is 0 Å². The molecule has 0 saturated carbocycles. The van der Waals surface area contributed by atoms with Crippen LogP contribution in [0.3, 0.4) is 0 Å². The highest BCUT2D eigenvalue weighted by molar-refractivity contribution is 5.67. The van der Waals surface area contributed by atoms with Crippen LogP contribution < -0.4 is 0 Å². The second kappa shape index (κ2) is 8.57. The third kappa shape index (κ3) is 4.20. The predicted octanol–water partition coefficient (Wildman–Crippen LogP) is 7.16. The first-order chi connectivity index (χ1) is 12.6. The Morgan fingerprint density at radius 3 is 2.38 bits per heavy atom. The Labute approximate surface area is 153 Å². The van der Waals surface area contributed by atoms with Crippen LogP contribution in [-0.2, 0) is 12.8 Å².